The van der Waals surface area contributed by atoms with Gasteiger partial charge in [0.2, 0.25) is 11.8 Å². The molecule has 3 nitrogen and oxygen atoms in total. The average Bonchev–Trinajstić information content (AvgIpc) is 1.76. The molecule has 2 amide bonds. The van der Waals surface area contributed by atoms with E-state index in [0.717, 1.165) is 0 Å². The molecule has 0 spiro atoms. The van der Waals surface area contributed by atoms with Crippen LogP contribution < -0.4 is 5.32 Å². The van der Waals surface area contributed by atoms with Crippen LogP contribution in [0.1, 0.15) is 521 Å². The van der Waals surface area contributed by atoms with Crippen LogP contribution in [0, 0.1) is 5.92 Å². The minimum atomic E-state index is -0.347. The standard InChI is InChI=1S/C104H185NO2/c1-2-3-4-5-6-7-8-9-10-11-12-13-14-15-16-17-18-19-20-21-22-23-24-25-26-27-28-29-30-31-32-33-34-35-36-37-38-39-40-41-42-43-44-45-46-47-48-49-50-51-52-53-54-55-56-57-58-59-60-61-62-63-64-65-66-67-68-69-70-71-72-73-74-75-76-77-78-79-80-81-82-83-84-85-86-87-88-89-90-91-92-93-94-95-96-97-98-99-100-102-101-103(106)105-104(102)107/h81-100,102H,2-80,101H2,1H3,(H,105,106,107). The highest BCUT2D eigenvalue weighted by atomic mass is 16.2. The summed E-state index contributed by atoms with van der Waals surface area (Å²) in [6, 6.07) is 0. The molecule has 0 radical (unpaired) electrons. The first-order chi connectivity index (χ1) is 53.2. The predicted molar refractivity (Wildman–Crippen MR) is 483 cm³/mol. The summed E-state index contributed by atoms with van der Waals surface area (Å²) in [5, 5.41) is 2.31. The molecular weight excluding hydrogens is 1300 g/mol. The Morgan fingerprint density at radius 2 is 0.336 bits per heavy atom. The van der Waals surface area contributed by atoms with Crippen LogP contribution in [0.15, 0.2) is 122 Å². The summed E-state index contributed by atoms with van der Waals surface area (Å²) >= 11 is 0. The number of unbranched alkanes of at least 4 members (excludes halogenated alkanes) is 78. The Morgan fingerprint density at radius 3 is 0.486 bits per heavy atom. The lowest BCUT2D eigenvalue weighted by atomic mass is 10.0. The third kappa shape index (κ3) is 88.0. The molecule has 0 saturated carbocycles. The van der Waals surface area contributed by atoms with Crippen LogP contribution in [-0.4, -0.2) is 11.8 Å². The van der Waals surface area contributed by atoms with Crippen LogP contribution in [0.25, 0.3) is 0 Å². The van der Waals surface area contributed by atoms with Crippen molar-refractivity contribution in [2.45, 2.75) is 521 Å². The van der Waals surface area contributed by atoms with E-state index in [4.69, 9.17) is 0 Å². The molecule has 1 unspecified atom stereocenters. The largest absolute Gasteiger partial charge is 0.296 e. The first kappa shape index (κ1) is 102. The molecule has 3 heteroatoms. The van der Waals surface area contributed by atoms with Crippen molar-refractivity contribution in [3.8, 4) is 0 Å². The average molecular weight is 1480 g/mol. The molecule has 1 aliphatic heterocycles. The summed E-state index contributed by atoms with van der Waals surface area (Å²) in [5.41, 5.74) is 0. The van der Waals surface area contributed by atoms with Crippen molar-refractivity contribution in [3.63, 3.8) is 0 Å². The summed E-state index contributed by atoms with van der Waals surface area (Å²) in [5.74, 6) is -0.769. The highest BCUT2D eigenvalue weighted by molar-refractivity contribution is 6.04. The SMILES string of the molecule is CCCCCCCCCCCCCCCCCCCCCCCCCCCCCCCCCCCCCCCCCCCCCCCCCCCCCCCCCCCCCCCCCCCCCCCCCCCCCCCCC=CC=CC=CC=CC=CC=CC=CC=CC=CC=CC1CC(=O)NC1=O. The van der Waals surface area contributed by atoms with E-state index in [2.05, 4.69) is 42.6 Å². The molecule has 1 atom stereocenters. The Hall–Kier alpha value is -3.46. The second kappa shape index (κ2) is 93.1. The monoisotopic (exact) mass is 1480 g/mol. The zero-order chi connectivity index (χ0) is 76.1. The second-order valence-corrected chi connectivity index (χ2v) is 33.6. The van der Waals surface area contributed by atoms with Gasteiger partial charge in [-0.15, -0.1) is 0 Å². The number of hydrogen-bond acceptors (Lipinski definition) is 2. The molecule has 0 bridgehead atoms. The van der Waals surface area contributed by atoms with Crippen LogP contribution in [0.4, 0.5) is 0 Å². The molecule has 1 aliphatic rings. The molecule has 618 valence electrons. The Kier molecular flexibility index (Phi) is 88.4. The van der Waals surface area contributed by atoms with Gasteiger partial charge in [-0.3, -0.25) is 14.9 Å². The van der Waals surface area contributed by atoms with E-state index in [1.165, 1.54) is 507 Å². The third-order valence-electron chi connectivity index (χ3n) is 23.1. The van der Waals surface area contributed by atoms with Crippen LogP contribution in [-0.2, 0) is 9.59 Å². The van der Waals surface area contributed by atoms with Crippen LogP contribution in [0.2, 0.25) is 0 Å². The Balaban J connectivity index is 1.63. The number of carbonyl (C=O) groups excluding carboxylic acids is 2. The normalized spacial score (nSPS) is 14.0. The Morgan fingerprint density at radius 1 is 0.196 bits per heavy atom. The minimum absolute atomic E-state index is 0.205. The van der Waals surface area contributed by atoms with Gasteiger partial charge < -0.3 is 0 Å². The van der Waals surface area contributed by atoms with Gasteiger partial charge in [0.1, 0.15) is 0 Å². The zero-order valence-corrected chi connectivity index (χ0v) is 72.0. The lowest BCUT2D eigenvalue weighted by Gasteiger charge is -2.05. The van der Waals surface area contributed by atoms with Crippen molar-refractivity contribution in [3.05, 3.63) is 122 Å². The summed E-state index contributed by atoms with van der Waals surface area (Å²) < 4.78 is 0. The maximum Gasteiger partial charge on any atom is 0.234 e. The van der Waals surface area contributed by atoms with E-state index in [1.54, 1.807) is 12.2 Å². The van der Waals surface area contributed by atoms with Crippen LogP contribution >= 0.6 is 0 Å². The third-order valence-corrected chi connectivity index (χ3v) is 23.1. The van der Waals surface area contributed by atoms with E-state index >= 15 is 0 Å². The van der Waals surface area contributed by atoms with Gasteiger partial charge in [0, 0.05) is 6.42 Å². The lowest BCUT2D eigenvalue weighted by Crippen LogP contribution is -2.21. The van der Waals surface area contributed by atoms with Gasteiger partial charge in [-0.1, -0.05) is 623 Å². The highest BCUT2D eigenvalue weighted by Gasteiger charge is 2.27. The van der Waals surface area contributed by atoms with Gasteiger partial charge in [0.05, 0.1) is 5.92 Å². The van der Waals surface area contributed by atoms with Crippen molar-refractivity contribution in [1.29, 1.82) is 0 Å². The predicted octanol–water partition coefficient (Wildman–Crippen LogP) is 36.0. The van der Waals surface area contributed by atoms with Gasteiger partial charge in [0.25, 0.3) is 0 Å². The fraction of sp³-hybridized carbons (Fsp3) is 0.788. The fourth-order valence-electron chi connectivity index (χ4n) is 15.9. The maximum atomic E-state index is 11.5. The number of hydrogen-bond donors (Lipinski definition) is 1. The van der Waals surface area contributed by atoms with Gasteiger partial charge in [-0.25, -0.2) is 0 Å². The molecule has 1 rings (SSSR count). The molecule has 0 aromatic heterocycles. The topological polar surface area (TPSA) is 46.2 Å². The zero-order valence-electron chi connectivity index (χ0n) is 72.0. The van der Waals surface area contributed by atoms with Crippen LogP contribution in [0.5, 0.6) is 0 Å². The molecule has 1 saturated heterocycles. The number of amides is 2. The van der Waals surface area contributed by atoms with Gasteiger partial charge in [0.15, 0.2) is 0 Å². The molecule has 1 heterocycles. The van der Waals surface area contributed by atoms with E-state index in [0.29, 0.717) is 0 Å². The second-order valence-electron chi connectivity index (χ2n) is 33.6. The highest BCUT2D eigenvalue weighted by Crippen LogP contribution is 2.23. The van der Waals surface area contributed by atoms with E-state index in [-0.39, 0.29) is 24.2 Å². The van der Waals surface area contributed by atoms with Gasteiger partial charge >= 0.3 is 0 Å². The van der Waals surface area contributed by atoms with E-state index in [1.807, 2.05) is 79.0 Å². The Labute approximate surface area is 670 Å². The molecule has 1 N–H and O–H groups in total. The number of imide groups is 1. The first-order valence-electron chi connectivity index (χ1n) is 48.7. The molecule has 0 aromatic carbocycles. The quantitative estimate of drug-likeness (QED) is 0.0375. The number of carbonyl (C=O) groups is 2. The fourth-order valence-corrected chi connectivity index (χ4v) is 15.9. The summed E-state index contributed by atoms with van der Waals surface area (Å²) in [4.78, 5) is 22.7. The van der Waals surface area contributed by atoms with Crippen molar-refractivity contribution < 1.29 is 9.59 Å². The Bertz CT molecular complexity index is 2070. The van der Waals surface area contributed by atoms with E-state index in [9.17, 15) is 9.59 Å². The van der Waals surface area contributed by atoms with Crippen molar-refractivity contribution in [2.75, 3.05) is 0 Å². The minimum Gasteiger partial charge on any atom is -0.296 e. The molecule has 107 heavy (non-hydrogen) atoms. The number of allylic oxidation sites excluding steroid dienone is 19. The maximum absolute atomic E-state index is 11.5. The molecule has 0 aliphatic carbocycles. The first-order valence-corrected chi connectivity index (χ1v) is 48.7. The molecular formula is C104H185NO2. The van der Waals surface area contributed by atoms with Crippen molar-refractivity contribution >= 4 is 11.8 Å². The van der Waals surface area contributed by atoms with Crippen molar-refractivity contribution in [1.82, 2.24) is 5.32 Å². The number of nitrogens with one attached hydrogen (secondary N) is 1. The smallest absolute Gasteiger partial charge is 0.234 e. The summed E-state index contributed by atoms with van der Waals surface area (Å²) in [6.07, 6.45) is 157. The van der Waals surface area contributed by atoms with Gasteiger partial charge in [-0.05, 0) is 12.8 Å². The number of rotatable bonds is 89. The van der Waals surface area contributed by atoms with Gasteiger partial charge in [-0.2, -0.15) is 0 Å². The molecule has 0 aromatic rings. The molecule has 1 fully saturated rings. The summed E-state index contributed by atoms with van der Waals surface area (Å²) in [7, 11) is 0. The van der Waals surface area contributed by atoms with Crippen molar-refractivity contribution in [2.24, 2.45) is 5.92 Å². The van der Waals surface area contributed by atoms with Crippen LogP contribution in [0.3, 0.4) is 0 Å². The lowest BCUT2D eigenvalue weighted by molar-refractivity contribution is -0.125. The van der Waals surface area contributed by atoms with E-state index < -0.39 is 0 Å². The summed E-state index contributed by atoms with van der Waals surface area (Å²) in [6.45, 7) is 2.32.